The van der Waals surface area contributed by atoms with Crippen LogP contribution in [0.15, 0.2) is 36.4 Å². The van der Waals surface area contributed by atoms with Crippen LogP contribution in [0.5, 0.6) is 0 Å². The Labute approximate surface area is 145 Å². The maximum atomic E-state index is 14.1. The molecular formula is C18H12F3N3O2. The van der Waals surface area contributed by atoms with Gasteiger partial charge in [0.15, 0.2) is 0 Å². The number of rotatable bonds is 4. The fourth-order valence-corrected chi connectivity index (χ4v) is 2.75. The lowest BCUT2D eigenvalue weighted by molar-refractivity contribution is -0.166. The highest BCUT2D eigenvalue weighted by molar-refractivity contribution is 5.85. The van der Waals surface area contributed by atoms with E-state index < -0.39 is 23.3 Å². The van der Waals surface area contributed by atoms with E-state index in [1.807, 2.05) is 6.07 Å². The molecule has 0 bridgehead atoms. The summed E-state index contributed by atoms with van der Waals surface area (Å²) in [5.41, 5.74) is 0.230. The molecule has 0 spiro atoms. The van der Waals surface area contributed by atoms with E-state index in [1.165, 1.54) is 28.9 Å². The highest BCUT2D eigenvalue weighted by Gasteiger charge is 2.41. The SMILES string of the molecule is Cc1nn(Cc2c(F)cccc2C#N)c2cc(C(F)(F)C(=O)O)ccc12. The third-order valence-corrected chi connectivity index (χ3v) is 4.11. The fraction of sp³-hybridized carbons (Fsp3) is 0.167. The maximum absolute atomic E-state index is 14.1. The monoisotopic (exact) mass is 359 g/mol. The molecule has 8 heteroatoms. The summed E-state index contributed by atoms with van der Waals surface area (Å²) in [7, 11) is 0. The van der Waals surface area contributed by atoms with Gasteiger partial charge < -0.3 is 5.11 Å². The molecule has 132 valence electrons. The van der Waals surface area contributed by atoms with E-state index in [0.717, 1.165) is 12.1 Å². The summed E-state index contributed by atoms with van der Waals surface area (Å²) in [4.78, 5) is 10.8. The quantitative estimate of drug-likeness (QED) is 0.772. The van der Waals surface area contributed by atoms with Crippen molar-refractivity contribution in [3.8, 4) is 6.07 Å². The van der Waals surface area contributed by atoms with Crippen LogP contribution in [-0.4, -0.2) is 20.9 Å². The molecule has 0 saturated heterocycles. The van der Waals surface area contributed by atoms with Gasteiger partial charge in [0.05, 0.1) is 29.4 Å². The smallest absolute Gasteiger partial charge is 0.379 e. The molecule has 1 aromatic heterocycles. The Kier molecular flexibility index (Phi) is 4.16. The average molecular weight is 359 g/mol. The third kappa shape index (κ3) is 2.77. The van der Waals surface area contributed by atoms with Gasteiger partial charge in [-0.15, -0.1) is 0 Å². The molecule has 5 nitrogen and oxygen atoms in total. The highest BCUT2D eigenvalue weighted by atomic mass is 19.3. The van der Waals surface area contributed by atoms with Gasteiger partial charge in [-0.3, -0.25) is 4.68 Å². The minimum absolute atomic E-state index is 0.0785. The van der Waals surface area contributed by atoms with Gasteiger partial charge in [-0.1, -0.05) is 18.2 Å². The molecule has 26 heavy (non-hydrogen) atoms. The molecule has 3 aromatic rings. The van der Waals surface area contributed by atoms with Crippen LogP contribution in [0.25, 0.3) is 10.9 Å². The van der Waals surface area contributed by atoms with Crippen LogP contribution in [0.4, 0.5) is 13.2 Å². The minimum Gasteiger partial charge on any atom is -0.477 e. The maximum Gasteiger partial charge on any atom is 0.379 e. The first-order valence-electron chi connectivity index (χ1n) is 7.52. The molecule has 0 aliphatic heterocycles. The first-order valence-corrected chi connectivity index (χ1v) is 7.52. The number of aryl methyl sites for hydroxylation is 1. The minimum atomic E-state index is -4.06. The van der Waals surface area contributed by atoms with E-state index in [9.17, 15) is 18.0 Å². The summed E-state index contributed by atoms with van der Waals surface area (Å²) >= 11 is 0. The Bertz CT molecular complexity index is 1070. The summed E-state index contributed by atoms with van der Waals surface area (Å²) in [6, 6.07) is 9.33. The van der Waals surface area contributed by atoms with Crippen LogP contribution in [-0.2, 0) is 17.3 Å². The van der Waals surface area contributed by atoms with Crippen molar-refractivity contribution >= 4 is 16.9 Å². The number of hydrogen-bond acceptors (Lipinski definition) is 3. The molecule has 0 unspecified atom stereocenters. The lowest BCUT2D eigenvalue weighted by Gasteiger charge is -2.12. The number of carbonyl (C=O) groups is 1. The molecule has 1 N–H and O–H groups in total. The topological polar surface area (TPSA) is 78.9 Å². The number of carboxylic acids is 1. The molecule has 2 aromatic carbocycles. The van der Waals surface area contributed by atoms with Crippen LogP contribution >= 0.6 is 0 Å². The van der Waals surface area contributed by atoms with E-state index in [0.29, 0.717) is 11.1 Å². The molecule has 0 fully saturated rings. The molecule has 0 atom stereocenters. The first-order chi connectivity index (χ1) is 12.3. The lowest BCUT2D eigenvalue weighted by Crippen LogP contribution is -2.25. The largest absolute Gasteiger partial charge is 0.477 e. The van der Waals surface area contributed by atoms with Crippen LogP contribution < -0.4 is 0 Å². The molecule has 0 aliphatic rings. The molecule has 3 rings (SSSR count). The van der Waals surface area contributed by atoms with Crippen molar-refractivity contribution in [1.82, 2.24) is 9.78 Å². The van der Waals surface area contributed by atoms with Crippen LogP contribution in [0.3, 0.4) is 0 Å². The Balaban J connectivity index is 2.16. The second-order valence-corrected chi connectivity index (χ2v) is 5.73. The van der Waals surface area contributed by atoms with Gasteiger partial charge in [0.25, 0.3) is 0 Å². The van der Waals surface area contributed by atoms with Crippen LogP contribution in [0.2, 0.25) is 0 Å². The van der Waals surface area contributed by atoms with Crippen molar-refractivity contribution in [2.45, 2.75) is 19.4 Å². The zero-order chi connectivity index (χ0) is 19.1. The summed E-state index contributed by atoms with van der Waals surface area (Å²) < 4.78 is 43.0. The molecule has 0 saturated carbocycles. The zero-order valence-electron chi connectivity index (χ0n) is 13.5. The fourth-order valence-electron chi connectivity index (χ4n) is 2.75. The molecule has 0 radical (unpaired) electrons. The number of halogens is 3. The normalized spacial score (nSPS) is 11.5. The van der Waals surface area contributed by atoms with E-state index in [2.05, 4.69) is 5.10 Å². The summed E-state index contributed by atoms with van der Waals surface area (Å²) in [6.45, 7) is 1.50. The summed E-state index contributed by atoms with van der Waals surface area (Å²) in [5, 5.41) is 22.6. The van der Waals surface area contributed by atoms with Gasteiger partial charge in [0.1, 0.15) is 5.82 Å². The van der Waals surface area contributed by atoms with Crippen molar-refractivity contribution in [3.63, 3.8) is 0 Å². The molecule has 0 amide bonds. The highest BCUT2D eigenvalue weighted by Crippen LogP contribution is 2.32. The number of nitriles is 1. The predicted molar refractivity (Wildman–Crippen MR) is 86.2 cm³/mol. The number of nitrogens with zero attached hydrogens (tertiary/aromatic N) is 3. The molecule has 1 heterocycles. The standard InChI is InChI=1S/C18H12F3N3O2/c1-10-13-6-5-12(18(20,21)17(25)26)7-16(13)24(23-10)9-14-11(8-22)3-2-4-15(14)19/h2-7H,9H2,1H3,(H,25,26). The van der Waals surface area contributed by atoms with Gasteiger partial charge in [-0.2, -0.15) is 19.1 Å². The number of aliphatic carboxylic acids is 1. The third-order valence-electron chi connectivity index (χ3n) is 4.11. The van der Waals surface area contributed by atoms with Gasteiger partial charge in [0.2, 0.25) is 0 Å². The van der Waals surface area contributed by atoms with Gasteiger partial charge in [-0.25, -0.2) is 9.18 Å². The first kappa shape index (κ1) is 17.5. The summed E-state index contributed by atoms with van der Waals surface area (Å²) in [5.74, 6) is -6.94. The second kappa shape index (κ2) is 6.19. The van der Waals surface area contributed by atoms with Crippen LogP contribution in [0, 0.1) is 24.1 Å². The Morgan fingerprint density at radius 1 is 1.35 bits per heavy atom. The average Bonchev–Trinajstić information content (AvgIpc) is 2.92. The van der Waals surface area contributed by atoms with Crippen molar-refractivity contribution in [1.29, 1.82) is 5.26 Å². The van der Waals surface area contributed by atoms with E-state index in [1.54, 1.807) is 6.92 Å². The summed E-state index contributed by atoms with van der Waals surface area (Å²) in [6.07, 6.45) is 0. The van der Waals surface area contributed by atoms with Gasteiger partial charge in [0, 0.05) is 16.5 Å². The van der Waals surface area contributed by atoms with Crippen molar-refractivity contribution in [2.75, 3.05) is 0 Å². The Hall–Kier alpha value is -3.34. The number of hydrogen-bond donors (Lipinski definition) is 1. The van der Waals surface area contributed by atoms with Crippen molar-refractivity contribution in [3.05, 3.63) is 64.6 Å². The van der Waals surface area contributed by atoms with E-state index >= 15 is 0 Å². The van der Waals surface area contributed by atoms with Crippen molar-refractivity contribution in [2.24, 2.45) is 0 Å². The van der Waals surface area contributed by atoms with E-state index in [-0.39, 0.29) is 23.2 Å². The van der Waals surface area contributed by atoms with Crippen LogP contribution in [0.1, 0.15) is 22.4 Å². The van der Waals surface area contributed by atoms with Gasteiger partial charge in [-0.05, 0) is 25.1 Å². The van der Waals surface area contributed by atoms with E-state index in [4.69, 9.17) is 10.4 Å². The molecule has 0 aliphatic carbocycles. The van der Waals surface area contributed by atoms with Gasteiger partial charge >= 0.3 is 11.9 Å². The Morgan fingerprint density at radius 2 is 2.08 bits per heavy atom. The second-order valence-electron chi connectivity index (χ2n) is 5.73. The zero-order valence-corrected chi connectivity index (χ0v) is 13.5. The number of benzene rings is 2. The number of aromatic nitrogens is 2. The number of alkyl halides is 2. The lowest BCUT2D eigenvalue weighted by atomic mass is 10.1. The Morgan fingerprint density at radius 3 is 2.73 bits per heavy atom. The van der Waals surface area contributed by atoms with Crippen molar-refractivity contribution < 1.29 is 23.1 Å². The number of carboxylic acid groups (broad SMARTS) is 1. The molecular weight excluding hydrogens is 347 g/mol. The number of fused-ring (bicyclic) bond motifs is 1. The predicted octanol–water partition coefficient (Wildman–Crippen LogP) is 3.58.